The van der Waals surface area contributed by atoms with Crippen molar-refractivity contribution in [3.63, 3.8) is 0 Å². The molecule has 0 aliphatic heterocycles. The zero-order valence-electron chi connectivity index (χ0n) is 7.05. The summed E-state index contributed by atoms with van der Waals surface area (Å²) in [6, 6.07) is 0. The van der Waals surface area contributed by atoms with Crippen molar-refractivity contribution in [1.29, 1.82) is 0 Å². The second-order valence-electron chi connectivity index (χ2n) is 2.02. The fourth-order valence-electron chi connectivity index (χ4n) is 0.333. The summed E-state index contributed by atoms with van der Waals surface area (Å²) in [5, 5.41) is 7.42. The predicted molar refractivity (Wildman–Crippen MR) is 40.1 cm³/mol. The van der Waals surface area contributed by atoms with Crippen LogP contribution in [0.2, 0.25) is 0 Å². The van der Waals surface area contributed by atoms with Gasteiger partial charge < -0.3 is 9.84 Å². The van der Waals surface area contributed by atoms with Crippen LogP contribution in [-0.2, 0) is 9.53 Å². The monoisotopic (exact) mass is 148 g/mol. The van der Waals surface area contributed by atoms with Gasteiger partial charge in [-0.15, -0.1) is 0 Å². The molecule has 0 saturated heterocycles. The Hall–Kier alpha value is -0.570. The third-order valence-electron chi connectivity index (χ3n) is 0.500. The van der Waals surface area contributed by atoms with E-state index in [4.69, 9.17) is 14.6 Å². The number of hydrogen-bond donors (Lipinski definition) is 1. The summed E-state index contributed by atoms with van der Waals surface area (Å²) in [6.07, 6.45) is 0.398. The zero-order chi connectivity index (χ0) is 8.57. The van der Waals surface area contributed by atoms with Gasteiger partial charge in [0.25, 0.3) is 5.97 Å². The minimum absolute atomic E-state index is 0.398. The SMILES string of the molecule is CC(=O)O.CCOC(C)C. The molecule has 0 aliphatic carbocycles. The number of rotatable bonds is 2. The summed E-state index contributed by atoms with van der Waals surface area (Å²) in [6.45, 7) is 7.98. The molecule has 3 heteroatoms. The number of ether oxygens (including phenoxy) is 1. The Labute approximate surface area is 62.0 Å². The van der Waals surface area contributed by atoms with Gasteiger partial charge in [-0.1, -0.05) is 0 Å². The Morgan fingerprint density at radius 1 is 1.60 bits per heavy atom. The van der Waals surface area contributed by atoms with Crippen molar-refractivity contribution in [3.05, 3.63) is 0 Å². The smallest absolute Gasteiger partial charge is 0.300 e. The van der Waals surface area contributed by atoms with Gasteiger partial charge in [0.1, 0.15) is 0 Å². The van der Waals surface area contributed by atoms with Crippen molar-refractivity contribution in [2.24, 2.45) is 0 Å². The van der Waals surface area contributed by atoms with Crippen molar-refractivity contribution in [3.8, 4) is 0 Å². The van der Waals surface area contributed by atoms with Crippen LogP contribution in [0.4, 0.5) is 0 Å². The summed E-state index contributed by atoms with van der Waals surface area (Å²) < 4.78 is 5.04. The van der Waals surface area contributed by atoms with Crippen molar-refractivity contribution in [2.45, 2.75) is 33.8 Å². The largest absolute Gasteiger partial charge is 0.481 e. The van der Waals surface area contributed by atoms with Crippen LogP contribution in [0.5, 0.6) is 0 Å². The molecule has 0 atom stereocenters. The Morgan fingerprint density at radius 3 is 1.90 bits per heavy atom. The van der Waals surface area contributed by atoms with Crippen LogP contribution in [0, 0.1) is 0 Å². The number of hydrogen-bond acceptors (Lipinski definition) is 2. The zero-order valence-corrected chi connectivity index (χ0v) is 7.05. The molecule has 3 nitrogen and oxygen atoms in total. The second kappa shape index (κ2) is 8.43. The predicted octanol–water partition coefficient (Wildman–Crippen LogP) is 1.52. The van der Waals surface area contributed by atoms with Gasteiger partial charge in [-0.2, -0.15) is 0 Å². The molecule has 10 heavy (non-hydrogen) atoms. The number of carboxylic acids is 1. The van der Waals surface area contributed by atoms with E-state index in [2.05, 4.69) is 0 Å². The second-order valence-corrected chi connectivity index (χ2v) is 2.02. The van der Waals surface area contributed by atoms with E-state index >= 15 is 0 Å². The number of carboxylic acid groups (broad SMARTS) is 1. The van der Waals surface area contributed by atoms with Crippen molar-refractivity contribution < 1.29 is 14.6 Å². The van der Waals surface area contributed by atoms with Crippen LogP contribution in [0.15, 0.2) is 0 Å². The Kier molecular flexibility index (Phi) is 10.2. The van der Waals surface area contributed by atoms with Gasteiger partial charge in [0, 0.05) is 13.5 Å². The van der Waals surface area contributed by atoms with Crippen molar-refractivity contribution >= 4 is 5.97 Å². The molecule has 1 N–H and O–H groups in total. The molecule has 0 spiro atoms. The minimum atomic E-state index is -0.833. The van der Waals surface area contributed by atoms with Crippen LogP contribution in [-0.4, -0.2) is 23.8 Å². The summed E-state index contributed by atoms with van der Waals surface area (Å²) in [5.74, 6) is -0.833. The van der Waals surface area contributed by atoms with Crippen LogP contribution in [0.1, 0.15) is 27.7 Å². The lowest BCUT2D eigenvalue weighted by Gasteiger charge is -2.00. The Bertz CT molecular complexity index is 74.9. The average molecular weight is 148 g/mol. The molecule has 0 saturated carbocycles. The topological polar surface area (TPSA) is 46.5 Å². The van der Waals surface area contributed by atoms with E-state index in [-0.39, 0.29) is 0 Å². The first-order valence-electron chi connectivity index (χ1n) is 3.31. The lowest BCUT2D eigenvalue weighted by atomic mass is 10.5. The molecular weight excluding hydrogens is 132 g/mol. The maximum Gasteiger partial charge on any atom is 0.300 e. The molecule has 62 valence electrons. The van der Waals surface area contributed by atoms with Crippen LogP contribution in [0.3, 0.4) is 0 Å². The fourth-order valence-corrected chi connectivity index (χ4v) is 0.333. The van der Waals surface area contributed by atoms with E-state index in [1.807, 2.05) is 20.8 Å². The molecule has 0 aromatic rings. The van der Waals surface area contributed by atoms with E-state index in [0.29, 0.717) is 6.10 Å². The molecule has 0 amide bonds. The maximum atomic E-state index is 9.00. The highest BCUT2D eigenvalue weighted by Crippen LogP contribution is 1.83. The summed E-state index contributed by atoms with van der Waals surface area (Å²) in [4.78, 5) is 9.00. The third-order valence-corrected chi connectivity index (χ3v) is 0.500. The highest BCUT2D eigenvalue weighted by Gasteiger charge is 1.83. The van der Waals surface area contributed by atoms with E-state index < -0.39 is 5.97 Å². The third kappa shape index (κ3) is 52.0. The van der Waals surface area contributed by atoms with E-state index in [0.717, 1.165) is 13.5 Å². The maximum absolute atomic E-state index is 9.00. The normalized spacial score (nSPS) is 8.50. The first-order valence-corrected chi connectivity index (χ1v) is 3.31. The molecule has 0 heterocycles. The van der Waals surface area contributed by atoms with Gasteiger partial charge >= 0.3 is 0 Å². The molecule has 0 unspecified atom stereocenters. The van der Waals surface area contributed by atoms with Gasteiger partial charge in [-0.05, 0) is 20.8 Å². The molecule has 0 aromatic heterocycles. The highest BCUT2D eigenvalue weighted by molar-refractivity contribution is 5.62. The minimum Gasteiger partial charge on any atom is -0.481 e. The Balaban J connectivity index is 0. The Morgan fingerprint density at radius 2 is 1.90 bits per heavy atom. The molecule has 0 aromatic carbocycles. The molecule has 0 bridgehead atoms. The number of aliphatic carboxylic acids is 1. The van der Waals surface area contributed by atoms with Gasteiger partial charge in [0.15, 0.2) is 0 Å². The fraction of sp³-hybridized carbons (Fsp3) is 0.857. The first-order chi connectivity index (χ1) is 4.50. The molecular formula is C7H16O3. The van der Waals surface area contributed by atoms with Crippen molar-refractivity contribution in [2.75, 3.05) is 6.61 Å². The van der Waals surface area contributed by atoms with E-state index in [9.17, 15) is 0 Å². The average Bonchev–Trinajstić information content (AvgIpc) is 1.62. The van der Waals surface area contributed by atoms with Gasteiger partial charge in [-0.25, -0.2) is 0 Å². The molecule has 0 aliphatic rings. The number of carbonyl (C=O) groups is 1. The highest BCUT2D eigenvalue weighted by atomic mass is 16.5. The van der Waals surface area contributed by atoms with Crippen LogP contribution < -0.4 is 0 Å². The standard InChI is InChI=1S/C5H12O.C2H4O2/c1-4-6-5(2)3;1-2(3)4/h5H,4H2,1-3H3;1H3,(H,3,4). The van der Waals surface area contributed by atoms with Gasteiger partial charge in [0.05, 0.1) is 6.10 Å². The van der Waals surface area contributed by atoms with Crippen LogP contribution in [0.25, 0.3) is 0 Å². The van der Waals surface area contributed by atoms with E-state index in [1.54, 1.807) is 0 Å². The van der Waals surface area contributed by atoms with Crippen molar-refractivity contribution in [1.82, 2.24) is 0 Å². The van der Waals surface area contributed by atoms with Gasteiger partial charge in [0.2, 0.25) is 0 Å². The summed E-state index contributed by atoms with van der Waals surface area (Å²) in [5.41, 5.74) is 0. The lowest BCUT2D eigenvalue weighted by molar-refractivity contribution is -0.134. The molecule has 0 radical (unpaired) electrons. The van der Waals surface area contributed by atoms with E-state index in [1.165, 1.54) is 0 Å². The lowest BCUT2D eigenvalue weighted by Crippen LogP contribution is -1.99. The molecule has 0 rings (SSSR count). The quantitative estimate of drug-likeness (QED) is 0.645. The van der Waals surface area contributed by atoms with Crippen LogP contribution >= 0.6 is 0 Å². The summed E-state index contributed by atoms with van der Waals surface area (Å²) >= 11 is 0. The first kappa shape index (κ1) is 12.1. The molecule has 0 fully saturated rings. The van der Waals surface area contributed by atoms with Gasteiger partial charge in [-0.3, -0.25) is 4.79 Å². The summed E-state index contributed by atoms with van der Waals surface area (Å²) in [7, 11) is 0.